The van der Waals surface area contributed by atoms with Crippen LogP contribution >= 0.6 is 0 Å². The molecule has 1 saturated carbocycles. The van der Waals surface area contributed by atoms with Gasteiger partial charge in [0.2, 0.25) is 11.8 Å². The lowest BCUT2D eigenvalue weighted by Gasteiger charge is -2.18. The molecule has 4 atom stereocenters. The molecule has 2 bridgehead atoms. The highest BCUT2D eigenvalue weighted by Crippen LogP contribution is 2.52. The van der Waals surface area contributed by atoms with Gasteiger partial charge in [-0.1, -0.05) is 18.6 Å². The third-order valence-electron chi connectivity index (χ3n) is 5.99. The number of methoxy groups -OCH3 is 1. The number of allylic oxidation sites excluding steroid dienone is 2. The highest BCUT2D eigenvalue weighted by molar-refractivity contribution is 6.06. The molecule has 0 aromatic carbocycles. The van der Waals surface area contributed by atoms with E-state index in [0.717, 1.165) is 32.2 Å². The van der Waals surface area contributed by atoms with Gasteiger partial charge >= 0.3 is 5.97 Å². The predicted molar refractivity (Wildman–Crippen MR) is 104 cm³/mol. The molecule has 154 valence electrons. The van der Waals surface area contributed by atoms with Crippen molar-refractivity contribution in [3.8, 4) is 0 Å². The molecule has 3 rings (SSSR count). The summed E-state index contributed by atoms with van der Waals surface area (Å²) >= 11 is 0. The smallest absolute Gasteiger partial charge is 0.305 e. The van der Waals surface area contributed by atoms with Crippen LogP contribution in [0.3, 0.4) is 0 Å². The second kappa shape index (κ2) is 9.21. The molecular formula is C20H30N4O4. The summed E-state index contributed by atoms with van der Waals surface area (Å²) in [7, 11) is 3.09. The van der Waals surface area contributed by atoms with Crippen molar-refractivity contribution in [1.82, 2.24) is 15.5 Å². The van der Waals surface area contributed by atoms with Gasteiger partial charge in [-0.25, -0.2) is 0 Å². The van der Waals surface area contributed by atoms with Gasteiger partial charge in [-0.05, 0) is 31.1 Å². The molecule has 2 aliphatic carbocycles. The standard InChI is InChI=1S/C20H30N4O4/c1-21-20(22-9-5-3-4-6-15(25)28-2)23-10-11-24-18(26)16-13-7-8-14(12-13)17(16)19(24)27/h7-8,13-14,16-17H,3-6,9-12H2,1-2H3,(H2,21,22,23). The lowest BCUT2D eigenvalue weighted by atomic mass is 9.85. The van der Waals surface area contributed by atoms with Crippen LogP contribution in [0.15, 0.2) is 17.1 Å². The number of hydrogen-bond acceptors (Lipinski definition) is 5. The van der Waals surface area contributed by atoms with E-state index >= 15 is 0 Å². The van der Waals surface area contributed by atoms with Gasteiger partial charge in [0.25, 0.3) is 0 Å². The number of carbonyl (C=O) groups is 3. The molecule has 28 heavy (non-hydrogen) atoms. The molecule has 3 aliphatic rings. The molecule has 1 heterocycles. The van der Waals surface area contributed by atoms with Gasteiger partial charge in [0.05, 0.1) is 18.9 Å². The van der Waals surface area contributed by atoms with Crippen LogP contribution in [0.2, 0.25) is 0 Å². The van der Waals surface area contributed by atoms with E-state index in [1.807, 2.05) is 0 Å². The van der Waals surface area contributed by atoms with Crippen molar-refractivity contribution in [2.75, 3.05) is 33.8 Å². The first kappa shape index (κ1) is 20.4. The first-order valence-corrected chi connectivity index (χ1v) is 10.1. The number of imide groups is 1. The Morgan fingerprint density at radius 1 is 1.11 bits per heavy atom. The molecule has 0 aromatic rings. The minimum atomic E-state index is -0.177. The number of ether oxygens (including phenoxy) is 1. The normalized spacial score (nSPS) is 28.1. The molecular weight excluding hydrogens is 360 g/mol. The van der Waals surface area contributed by atoms with E-state index in [1.54, 1.807) is 7.05 Å². The minimum absolute atomic E-state index is 0.0118. The summed E-state index contributed by atoms with van der Waals surface area (Å²) in [4.78, 5) is 41.9. The number of fused-ring (bicyclic) bond motifs is 5. The van der Waals surface area contributed by atoms with Crippen molar-refractivity contribution in [3.05, 3.63) is 12.2 Å². The van der Waals surface area contributed by atoms with Gasteiger partial charge in [-0.2, -0.15) is 0 Å². The van der Waals surface area contributed by atoms with Crippen molar-refractivity contribution < 1.29 is 19.1 Å². The van der Waals surface area contributed by atoms with E-state index in [4.69, 9.17) is 0 Å². The molecule has 0 aromatic heterocycles. The zero-order chi connectivity index (χ0) is 20.1. The van der Waals surface area contributed by atoms with Crippen LogP contribution in [0.5, 0.6) is 0 Å². The fourth-order valence-corrected chi connectivity index (χ4v) is 4.57. The number of guanidine groups is 1. The van der Waals surface area contributed by atoms with Crippen LogP contribution in [0, 0.1) is 23.7 Å². The van der Waals surface area contributed by atoms with Crippen LogP contribution < -0.4 is 10.6 Å². The van der Waals surface area contributed by atoms with Crippen LogP contribution in [-0.4, -0.2) is 62.4 Å². The first-order chi connectivity index (χ1) is 13.6. The van der Waals surface area contributed by atoms with Gasteiger partial charge < -0.3 is 15.4 Å². The molecule has 1 aliphatic heterocycles. The zero-order valence-corrected chi connectivity index (χ0v) is 16.6. The summed E-state index contributed by atoms with van der Waals surface area (Å²) in [5.41, 5.74) is 0. The molecule has 0 spiro atoms. The van der Waals surface area contributed by atoms with Crippen LogP contribution in [0.1, 0.15) is 32.1 Å². The van der Waals surface area contributed by atoms with Crippen LogP contribution in [0.25, 0.3) is 0 Å². The molecule has 1 saturated heterocycles. The molecule has 8 heteroatoms. The Kier molecular flexibility index (Phi) is 6.70. The lowest BCUT2D eigenvalue weighted by Crippen LogP contribution is -2.43. The number of aliphatic imine (C=N–C) groups is 1. The number of carbonyl (C=O) groups excluding carboxylic acids is 3. The average molecular weight is 390 g/mol. The Labute approximate surface area is 165 Å². The van der Waals surface area contributed by atoms with Gasteiger partial charge in [0.1, 0.15) is 0 Å². The Morgan fingerprint density at radius 3 is 2.36 bits per heavy atom. The third kappa shape index (κ3) is 4.20. The van der Waals surface area contributed by atoms with E-state index in [0.29, 0.717) is 25.5 Å². The quantitative estimate of drug-likeness (QED) is 0.150. The Hall–Kier alpha value is -2.38. The topological polar surface area (TPSA) is 100 Å². The van der Waals surface area contributed by atoms with Crippen molar-refractivity contribution in [2.45, 2.75) is 32.1 Å². The number of likely N-dealkylation sites (tertiary alicyclic amines) is 1. The highest BCUT2D eigenvalue weighted by Gasteiger charge is 2.58. The molecule has 8 nitrogen and oxygen atoms in total. The van der Waals surface area contributed by atoms with Gasteiger partial charge in [0, 0.05) is 33.1 Å². The Balaban J connectivity index is 1.33. The summed E-state index contributed by atoms with van der Waals surface area (Å²) in [6.07, 6.45) is 8.26. The maximum absolute atomic E-state index is 12.6. The average Bonchev–Trinajstić information content (AvgIpc) is 3.38. The number of nitrogens with one attached hydrogen (secondary N) is 2. The van der Waals surface area contributed by atoms with Crippen molar-refractivity contribution in [2.24, 2.45) is 28.7 Å². The summed E-state index contributed by atoms with van der Waals surface area (Å²) in [6, 6.07) is 0. The predicted octanol–water partition coefficient (Wildman–Crippen LogP) is 0.692. The molecule has 2 amide bonds. The van der Waals surface area contributed by atoms with Crippen molar-refractivity contribution >= 4 is 23.7 Å². The summed E-state index contributed by atoms with van der Waals surface area (Å²) in [6.45, 7) is 1.58. The number of esters is 1. The number of nitrogens with zero attached hydrogens (tertiary/aromatic N) is 2. The highest BCUT2D eigenvalue weighted by atomic mass is 16.5. The van der Waals surface area contributed by atoms with Gasteiger partial charge in [0.15, 0.2) is 5.96 Å². The maximum Gasteiger partial charge on any atom is 0.305 e. The van der Waals surface area contributed by atoms with E-state index in [9.17, 15) is 14.4 Å². The van der Waals surface area contributed by atoms with E-state index in [1.165, 1.54) is 12.0 Å². The monoisotopic (exact) mass is 390 g/mol. The first-order valence-electron chi connectivity index (χ1n) is 10.1. The molecule has 0 radical (unpaired) electrons. The zero-order valence-electron chi connectivity index (χ0n) is 16.6. The second-order valence-electron chi connectivity index (χ2n) is 7.64. The Morgan fingerprint density at radius 2 is 1.75 bits per heavy atom. The number of hydrogen-bond donors (Lipinski definition) is 2. The fraction of sp³-hybridized carbons (Fsp3) is 0.700. The summed E-state index contributed by atoms with van der Waals surface area (Å²) in [5, 5.41) is 6.37. The third-order valence-corrected chi connectivity index (χ3v) is 5.99. The summed E-state index contributed by atoms with van der Waals surface area (Å²) < 4.78 is 4.61. The van der Waals surface area contributed by atoms with Crippen molar-refractivity contribution in [1.29, 1.82) is 0 Å². The van der Waals surface area contributed by atoms with Crippen LogP contribution in [0.4, 0.5) is 0 Å². The molecule has 4 unspecified atom stereocenters. The number of amides is 2. The maximum atomic E-state index is 12.6. The minimum Gasteiger partial charge on any atom is -0.469 e. The number of unbranched alkanes of at least 4 members (excludes halogenated alkanes) is 2. The van der Waals surface area contributed by atoms with E-state index < -0.39 is 0 Å². The largest absolute Gasteiger partial charge is 0.469 e. The fourth-order valence-electron chi connectivity index (χ4n) is 4.57. The molecule has 2 fully saturated rings. The number of rotatable bonds is 9. The molecule has 2 N–H and O–H groups in total. The van der Waals surface area contributed by atoms with Gasteiger partial charge in [-0.15, -0.1) is 0 Å². The lowest BCUT2D eigenvalue weighted by molar-refractivity contribution is -0.141. The Bertz CT molecular complexity index is 645. The van der Waals surface area contributed by atoms with E-state index in [2.05, 4.69) is 32.5 Å². The second-order valence-corrected chi connectivity index (χ2v) is 7.64. The van der Waals surface area contributed by atoms with Crippen LogP contribution in [-0.2, 0) is 19.1 Å². The summed E-state index contributed by atoms with van der Waals surface area (Å²) in [5.74, 6) is 0.675. The van der Waals surface area contributed by atoms with E-state index in [-0.39, 0.29) is 41.5 Å². The SMILES string of the molecule is CN=C(NCCCCCC(=O)OC)NCCN1C(=O)C2C3C=CC(C3)C2C1=O. The van der Waals surface area contributed by atoms with Gasteiger partial charge in [-0.3, -0.25) is 24.3 Å². The van der Waals surface area contributed by atoms with Crippen molar-refractivity contribution in [3.63, 3.8) is 0 Å².